The van der Waals surface area contributed by atoms with Crippen molar-refractivity contribution in [2.45, 2.75) is 6.54 Å². The van der Waals surface area contributed by atoms with E-state index < -0.39 is 17.6 Å². The van der Waals surface area contributed by atoms with Crippen molar-refractivity contribution in [1.29, 1.82) is 0 Å². The van der Waals surface area contributed by atoms with Gasteiger partial charge in [0.1, 0.15) is 11.6 Å². The zero-order chi connectivity index (χ0) is 14.7. The summed E-state index contributed by atoms with van der Waals surface area (Å²) in [6, 6.07) is 6.40. The lowest BCUT2D eigenvalue weighted by Crippen LogP contribution is -2.15. The zero-order valence-corrected chi connectivity index (χ0v) is 10.4. The van der Waals surface area contributed by atoms with Crippen LogP contribution in [0.5, 0.6) is 0 Å². The maximum atomic E-state index is 13.6. The van der Waals surface area contributed by atoms with Crippen molar-refractivity contribution in [2.75, 3.05) is 5.32 Å². The number of amides is 2. The highest BCUT2D eigenvalue weighted by Crippen LogP contribution is 2.18. The molecule has 0 saturated carbocycles. The highest BCUT2D eigenvalue weighted by molar-refractivity contribution is 6.03. The highest BCUT2D eigenvalue weighted by Gasteiger charge is 2.14. The number of primary amides is 1. The fourth-order valence-corrected chi connectivity index (χ4v) is 1.57. The predicted molar refractivity (Wildman–Crippen MR) is 69.5 cm³/mol. The molecule has 0 bridgehead atoms. The molecule has 0 saturated heterocycles. The van der Waals surface area contributed by atoms with Gasteiger partial charge in [0, 0.05) is 5.56 Å². The van der Waals surface area contributed by atoms with Crippen LogP contribution in [0.25, 0.3) is 0 Å². The molecule has 0 radical (unpaired) electrons. The standard InChI is InChI=1S/C13H12FN3O3/c14-9-3-1-7(12(16)18)5-10(9)17-13(19)11-4-2-8(6-15)20-11/h1-5H,6,15H2,(H2,16,18)(H,17,19). The van der Waals surface area contributed by atoms with Crippen molar-refractivity contribution in [3.8, 4) is 0 Å². The minimum atomic E-state index is -0.719. The molecule has 1 aromatic carbocycles. The molecular weight excluding hydrogens is 265 g/mol. The summed E-state index contributed by atoms with van der Waals surface area (Å²) < 4.78 is 18.7. The van der Waals surface area contributed by atoms with Crippen LogP contribution in [-0.2, 0) is 6.54 Å². The summed E-state index contributed by atoms with van der Waals surface area (Å²) in [7, 11) is 0. The van der Waals surface area contributed by atoms with E-state index in [2.05, 4.69) is 5.32 Å². The van der Waals surface area contributed by atoms with E-state index in [9.17, 15) is 14.0 Å². The Labute approximate surface area is 113 Å². The maximum Gasteiger partial charge on any atom is 0.291 e. The van der Waals surface area contributed by atoms with E-state index in [1.807, 2.05) is 0 Å². The number of anilines is 1. The number of halogens is 1. The van der Waals surface area contributed by atoms with E-state index in [0.29, 0.717) is 5.76 Å². The number of benzene rings is 1. The van der Waals surface area contributed by atoms with E-state index in [1.165, 1.54) is 12.1 Å². The molecule has 6 nitrogen and oxygen atoms in total. The van der Waals surface area contributed by atoms with Gasteiger partial charge in [0.05, 0.1) is 12.2 Å². The minimum Gasteiger partial charge on any atom is -0.455 e. The van der Waals surface area contributed by atoms with Crippen LogP contribution in [0, 0.1) is 5.82 Å². The van der Waals surface area contributed by atoms with Crippen molar-refractivity contribution in [3.63, 3.8) is 0 Å². The van der Waals surface area contributed by atoms with Gasteiger partial charge in [-0.05, 0) is 30.3 Å². The number of rotatable bonds is 4. The number of carbonyl (C=O) groups is 2. The van der Waals surface area contributed by atoms with Gasteiger partial charge < -0.3 is 21.2 Å². The second-order valence-electron chi connectivity index (χ2n) is 3.98. The van der Waals surface area contributed by atoms with Gasteiger partial charge in [-0.3, -0.25) is 9.59 Å². The summed E-state index contributed by atoms with van der Waals surface area (Å²) in [4.78, 5) is 22.9. The van der Waals surface area contributed by atoms with Crippen LogP contribution in [0.2, 0.25) is 0 Å². The third-order valence-electron chi connectivity index (χ3n) is 2.59. The Kier molecular flexibility index (Phi) is 3.81. The first-order valence-corrected chi connectivity index (χ1v) is 5.70. The Morgan fingerprint density at radius 3 is 2.60 bits per heavy atom. The van der Waals surface area contributed by atoms with Crippen molar-refractivity contribution in [3.05, 3.63) is 53.2 Å². The number of carbonyl (C=O) groups excluding carboxylic acids is 2. The van der Waals surface area contributed by atoms with Crippen LogP contribution in [0.1, 0.15) is 26.7 Å². The van der Waals surface area contributed by atoms with Gasteiger partial charge in [0.15, 0.2) is 5.76 Å². The molecule has 2 rings (SSSR count). The molecule has 7 heteroatoms. The first-order chi connectivity index (χ1) is 9.51. The van der Waals surface area contributed by atoms with Crippen LogP contribution in [-0.4, -0.2) is 11.8 Å². The largest absolute Gasteiger partial charge is 0.455 e. The van der Waals surface area contributed by atoms with Crippen LogP contribution < -0.4 is 16.8 Å². The molecule has 2 amide bonds. The van der Waals surface area contributed by atoms with Gasteiger partial charge in [0.25, 0.3) is 5.91 Å². The number of nitrogens with one attached hydrogen (secondary N) is 1. The molecule has 0 fully saturated rings. The molecule has 20 heavy (non-hydrogen) atoms. The number of furan rings is 1. The molecule has 5 N–H and O–H groups in total. The predicted octanol–water partition coefficient (Wildman–Crippen LogP) is 1.23. The van der Waals surface area contributed by atoms with Gasteiger partial charge in [-0.25, -0.2) is 4.39 Å². The Morgan fingerprint density at radius 2 is 2.00 bits per heavy atom. The summed E-state index contributed by atoms with van der Waals surface area (Å²) in [5, 5.41) is 2.30. The molecular formula is C13H12FN3O3. The van der Waals surface area contributed by atoms with E-state index in [0.717, 1.165) is 12.1 Å². The molecule has 0 aliphatic rings. The van der Waals surface area contributed by atoms with Gasteiger partial charge in [-0.1, -0.05) is 0 Å². The SMILES string of the molecule is NCc1ccc(C(=O)Nc2cc(C(N)=O)ccc2F)o1. The highest BCUT2D eigenvalue weighted by atomic mass is 19.1. The van der Waals surface area contributed by atoms with E-state index in [1.54, 1.807) is 6.07 Å². The van der Waals surface area contributed by atoms with Crippen LogP contribution >= 0.6 is 0 Å². The van der Waals surface area contributed by atoms with Crippen molar-refractivity contribution < 1.29 is 18.4 Å². The van der Waals surface area contributed by atoms with Crippen LogP contribution in [0.3, 0.4) is 0 Å². The molecule has 2 aromatic rings. The topological polar surface area (TPSA) is 111 Å². The zero-order valence-electron chi connectivity index (χ0n) is 10.4. The number of hydrogen-bond acceptors (Lipinski definition) is 4. The minimum absolute atomic E-state index is 0.00525. The Hall–Kier alpha value is -2.67. The van der Waals surface area contributed by atoms with Crippen molar-refractivity contribution >= 4 is 17.5 Å². The number of nitrogens with two attached hydrogens (primary N) is 2. The van der Waals surface area contributed by atoms with E-state index in [-0.39, 0.29) is 23.6 Å². The lowest BCUT2D eigenvalue weighted by molar-refractivity contribution is 0.0987. The van der Waals surface area contributed by atoms with Crippen molar-refractivity contribution in [2.24, 2.45) is 11.5 Å². The molecule has 104 valence electrons. The fourth-order valence-electron chi connectivity index (χ4n) is 1.57. The number of hydrogen-bond donors (Lipinski definition) is 3. The van der Waals surface area contributed by atoms with Gasteiger partial charge in [0.2, 0.25) is 5.91 Å². The summed E-state index contributed by atoms with van der Waals surface area (Å²) in [5.74, 6) is -1.63. The Morgan fingerprint density at radius 1 is 1.25 bits per heavy atom. The molecule has 1 heterocycles. The molecule has 0 spiro atoms. The molecule has 0 atom stereocenters. The summed E-state index contributed by atoms with van der Waals surface area (Å²) in [6.45, 7) is 0.152. The summed E-state index contributed by atoms with van der Waals surface area (Å²) >= 11 is 0. The lowest BCUT2D eigenvalue weighted by Gasteiger charge is -2.06. The monoisotopic (exact) mass is 277 g/mol. The van der Waals surface area contributed by atoms with Gasteiger partial charge >= 0.3 is 0 Å². The Bertz CT molecular complexity index is 667. The second-order valence-corrected chi connectivity index (χ2v) is 3.98. The molecule has 0 aliphatic carbocycles. The van der Waals surface area contributed by atoms with Crippen molar-refractivity contribution in [1.82, 2.24) is 0 Å². The molecule has 1 aromatic heterocycles. The normalized spacial score (nSPS) is 10.3. The average Bonchev–Trinajstić information content (AvgIpc) is 2.89. The summed E-state index contributed by atoms with van der Waals surface area (Å²) in [6.07, 6.45) is 0. The molecule has 0 unspecified atom stereocenters. The quantitative estimate of drug-likeness (QED) is 0.780. The third-order valence-corrected chi connectivity index (χ3v) is 2.59. The molecule has 0 aliphatic heterocycles. The van der Waals surface area contributed by atoms with Crippen LogP contribution in [0.4, 0.5) is 10.1 Å². The van der Waals surface area contributed by atoms with E-state index >= 15 is 0 Å². The Balaban J connectivity index is 2.22. The second kappa shape index (κ2) is 5.54. The average molecular weight is 277 g/mol. The fraction of sp³-hybridized carbons (Fsp3) is 0.0769. The lowest BCUT2D eigenvalue weighted by atomic mass is 10.2. The smallest absolute Gasteiger partial charge is 0.291 e. The first kappa shape index (κ1) is 13.8. The van der Waals surface area contributed by atoms with E-state index in [4.69, 9.17) is 15.9 Å². The van der Waals surface area contributed by atoms with Gasteiger partial charge in [-0.15, -0.1) is 0 Å². The summed E-state index contributed by atoms with van der Waals surface area (Å²) in [5.41, 5.74) is 10.4. The maximum absolute atomic E-state index is 13.6. The van der Waals surface area contributed by atoms with Gasteiger partial charge in [-0.2, -0.15) is 0 Å². The third kappa shape index (κ3) is 2.83. The van der Waals surface area contributed by atoms with Crippen LogP contribution in [0.15, 0.2) is 34.7 Å². The first-order valence-electron chi connectivity index (χ1n) is 5.70.